The Morgan fingerprint density at radius 3 is 1.95 bits per heavy atom. The van der Waals surface area contributed by atoms with Crippen LogP contribution in [0, 0.1) is 11.3 Å². The van der Waals surface area contributed by atoms with Gasteiger partial charge in [-0.3, -0.25) is 28.9 Å². The molecule has 5 amide bonds. The standard InChI is InChI=1S/C45H61N5O9/c1-9-58-29-22-36(50(24-29)43(57)59-25-34-32-20-14-12-18-30(32)31-19-13-15-21-33(31)34)40(54)49(8)45(26-44(2,3)27-45)42(56)48(7)38(28-16-10-11-17-28)41(55)47(6)35(23-37(51)52)39(53)46(4)5/h12-15,18-21,28-29,34-36,38H,9-11,16-17,22-27H2,1-8H3,(H,51,52)/t29-,35?,36+,38?/m1/s1. The van der Waals surface area contributed by atoms with E-state index in [9.17, 15) is 29.1 Å². The van der Waals surface area contributed by atoms with E-state index in [0.717, 1.165) is 35.1 Å². The fourth-order valence-electron chi connectivity index (χ4n) is 10.4. The molecular weight excluding hydrogens is 755 g/mol. The SMILES string of the molecule is CCO[C@@H]1C[C@@H](C(=O)N(C)C2(C(=O)N(C)C(C(=O)N(C)C(CC(=O)O)C(=O)N(C)C)C3CCCC3)CC(C)(C)C2)N(C(=O)OCC2c3ccccc3-c3ccccc32)C1. The Morgan fingerprint density at radius 2 is 1.42 bits per heavy atom. The van der Waals surface area contributed by atoms with Crippen LogP contribution in [0.4, 0.5) is 4.79 Å². The zero-order chi connectivity index (χ0) is 43.0. The minimum atomic E-state index is -1.33. The van der Waals surface area contributed by atoms with E-state index in [1.54, 1.807) is 14.1 Å². The fraction of sp³-hybridized carbons (Fsp3) is 0.600. The second-order valence-electron chi connectivity index (χ2n) is 17.9. The van der Waals surface area contributed by atoms with Gasteiger partial charge in [-0.2, -0.15) is 0 Å². The number of carbonyl (C=O) groups excluding carboxylic acids is 5. The van der Waals surface area contributed by atoms with Crippen molar-refractivity contribution >= 4 is 35.7 Å². The van der Waals surface area contributed by atoms with E-state index < -0.39 is 71.9 Å². The average molecular weight is 816 g/mol. The van der Waals surface area contributed by atoms with E-state index in [-0.39, 0.29) is 36.8 Å². The number of aliphatic carboxylic acids is 1. The van der Waals surface area contributed by atoms with Crippen molar-refractivity contribution in [2.45, 2.75) is 108 Å². The van der Waals surface area contributed by atoms with Crippen LogP contribution in [0.15, 0.2) is 48.5 Å². The molecule has 0 spiro atoms. The number of fused-ring (bicyclic) bond motifs is 3. The van der Waals surface area contributed by atoms with Crippen LogP contribution in [-0.2, 0) is 33.4 Å². The van der Waals surface area contributed by atoms with Crippen molar-refractivity contribution in [1.29, 1.82) is 0 Å². The molecule has 14 heteroatoms. The maximum atomic E-state index is 15.1. The highest BCUT2D eigenvalue weighted by Crippen LogP contribution is 2.53. The summed E-state index contributed by atoms with van der Waals surface area (Å²) < 4.78 is 12.0. The van der Waals surface area contributed by atoms with Crippen molar-refractivity contribution in [3.8, 4) is 11.1 Å². The lowest BCUT2D eigenvalue weighted by Gasteiger charge is -2.58. The summed E-state index contributed by atoms with van der Waals surface area (Å²) in [5.41, 5.74) is 2.71. The van der Waals surface area contributed by atoms with E-state index in [1.165, 1.54) is 45.6 Å². The summed E-state index contributed by atoms with van der Waals surface area (Å²) in [5.74, 6) is -3.51. The number of hydrogen-bond acceptors (Lipinski definition) is 8. The monoisotopic (exact) mass is 815 g/mol. The number of carboxylic acids is 1. The van der Waals surface area contributed by atoms with Crippen molar-refractivity contribution in [3.63, 3.8) is 0 Å². The molecular formula is C45H61N5O9. The van der Waals surface area contributed by atoms with Crippen LogP contribution >= 0.6 is 0 Å². The number of likely N-dealkylation sites (tertiary alicyclic amines) is 1. The Morgan fingerprint density at radius 1 is 0.847 bits per heavy atom. The lowest BCUT2D eigenvalue weighted by atomic mass is 9.57. The van der Waals surface area contributed by atoms with Gasteiger partial charge in [0.25, 0.3) is 0 Å². The lowest BCUT2D eigenvalue weighted by molar-refractivity contribution is -0.173. The lowest BCUT2D eigenvalue weighted by Crippen LogP contribution is -2.71. The molecule has 4 aliphatic rings. The minimum absolute atomic E-state index is 0.0827. The molecule has 6 rings (SSSR count). The van der Waals surface area contributed by atoms with Gasteiger partial charge in [-0.1, -0.05) is 75.2 Å². The smallest absolute Gasteiger partial charge is 0.410 e. The van der Waals surface area contributed by atoms with Crippen LogP contribution in [0.1, 0.15) is 89.2 Å². The summed E-state index contributed by atoms with van der Waals surface area (Å²) in [6, 6.07) is 12.9. The van der Waals surface area contributed by atoms with Crippen LogP contribution in [0.5, 0.6) is 0 Å². The molecule has 1 aliphatic heterocycles. The van der Waals surface area contributed by atoms with Gasteiger partial charge in [0, 0.05) is 54.2 Å². The fourth-order valence-corrected chi connectivity index (χ4v) is 10.4. The first-order chi connectivity index (χ1) is 27.9. The molecule has 320 valence electrons. The number of ether oxygens (including phenoxy) is 2. The largest absolute Gasteiger partial charge is 0.481 e. The molecule has 1 saturated heterocycles. The number of likely N-dealkylation sites (N-methyl/N-ethyl adjacent to an activating group) is 4. The van der Waals surface area contributed by atoms with Crippen LogP contribution in [-0.4, -0.2) is 150 Å². The molecule has 2 saturated carbocycles. The van der Waals surface area contributed by atoms with Crippen LogP contribution in [0.2, 0.25) is 0 Å². The van der Waals surface area contributed by atoms with Gasteiger partial charge in [0.2, 0.25) is 23.6 Å². The third kappa shape index (κ3) is 8.42. The molecule has 0 aromatic heterocycles. The molecule has 2 unspecified atom stereocenters. The summed E-state index contributed by atoms with van der Waals surface area (Å²) in [7, 11) is 7.60. The quantitative estimate of drug-likeness (QED) is 0.282. The Labute approximate surface area is 347 Å². The first-order valence-electron chi connectivity index (χ1n) is 20.9. The van der Waals surface area contributed by atoms with Crippen molar-refractivity contribution < 1.29 is 43.3 Å². The van der Waals surface area contributed by atoms with Crippen LogP contribution in [0.3, 0.4) is 0 Å². The highest BCUT2D eigenvalue weighted by molar-refractivity contribution is 5.98. The first kappa shape index (κ1) is 43.6. The number of carbonyl (C=O) groups is 6. The Hall–Kier alpha value is -4.98. The topological polar surface area (TPSA) is 157 Å². The Kier molecular flexibility index (Phi) is 12.8. The molecule has 0 radical (unpaired) electrons. The van der Waals surface area contributed by atoms with Gasteiger partial charge in [0.1, 0.15) is 30.3 Å². The van der Waals surface area contributed by atoms with Gasteiger partial charge in [0.15, 0.2) is 0 Å². The van der Waals surface area contributed by atoms with Gasteiger partial charge in [0.05, 0.1) is 19.1 Å². The van der Waals surface area contributed by atoms with Crippen molar-refractivity contribution in [2.75, 3.05) is 55.0 Å². The maximum Gasteiger partial charge on any atom is 0.410 e. The summed E-state index contributed by atoms with van der Waals surface area (Å²) in [5, 5.41) is 9.69. The summed E-state index contributed by atoms with van der Waals surface area (Å²) in [6.07, 6.45) is 2.30. The normalized spacial score (nSPS) is 21.4. The third-order valence-electron chi connectivity index (χ3n) is 13.2. The Bertz CT molecular complexity index is 1890. The number of rotatable bonds is 14. The average Bonchev–Trinajstić information content (AvgIpc) is 3.95. The van der Waals surface area contributed by atoms with E-state index in [1.807, 2.05) is 57.2 Å². The second-order valence-corrected chi connectivity index (χ2v) is 17.9. The molecule has 14 nitrogen and oxygen atoms in total. The van der Waals surface area contributed by atoms with E-state index in [0.29, 0.717) is 32.3 Å². The molecule has 4 atom stereocenters. The molecule has 2 aromatic rings. The Balaban J connectivity index is 1.25. The molecule has 3 aliphatic carbocycles. The van der Waals surface area contributed by atoms with E-state index in [2.05, 4.69) is 12.1 Å². The third-order valence-corrected chi connectivity index (χ3v) is 13.2. The highest BCUT2D eigenvalue weighted by atomic mass is 16.6. The number of nitrogens with zero attached hydrogens (tertiary/aromatic N) is 5. The maximum absolute atomic E-state index is 15.1. The van der Waals surface area contributed by atoms with Gasteiger partial charge in [-0.25, -0.2) is 4.79 Å². The van der Waals surface area contributed by atoms with Crippen molar-refractivity contribution in [3.05, 3.63) is 59.7 Å². The number of benzene rings is 2. The summed E-state index contributed by atoms with van der Waals surface area (Å²) in [6.45, 7) is 6.53. The number of carboxylic acid groups (broad SMARTS) is 1. The zero-order valence-corrected chi connectivity index (χ0v) is 35.8. The highest BCUT2D eigenvalue weighted by Gasteiger charge is 2.61. The van der Waals surface area contributed by atoms with E-state index in [4.69, 9.17) is 9.47 Å². The molecule has 0 bridgehead atoms. The second kappa shape index (κ2) is 17.3. The van der Waals surface area contributed by atoms with Gasteiger partial charge in [-0.05, 0) is 66.2 Å². The van der Waals surface area contributed by atoms with Crippen molar-refractivity contribution in [2.24, 2.45) is 11.3 Å². The van der Waals surface area contributed by atoms with Crippen LogP contribution < -0.4 is 0 Å². The first-order valence-corrected chi connectivity index (χ1v) is 20.9. The van der Waals surface area contributed by atoms with Crippen LogP contribution in [0.25, 0.3) is 11.1 Å². The summed E-state index contributed by atoms with van der Waals surface area (Å²) >= 11 is 0. The predicted octanol–water partition coefficient (Wildman–Crippen LogP) is 4.84. The minimum Gasteiger partial charge on any atom is -0.481 e. The predicted molar refractivity (Wildman–Crippen MR) is 220 cm³/mol. The molecule has 1 N–H and O–H groups in total. The summed E-state index contributed by atoms with van der Waals surface area (Å²) in [4.78, 5) is 90.4. The van der Waals surface area contributed by atoms with Gasteiger partial charge >= 0.3 is 12.1 Å². The van der Waals surface area contributed by atoms with Crippen molar-refractivity contribution in [1.82, 2.24) is 24.5 Å². The molecule has 3 fully saturated rings. The molecule has 2 aromatic carbocycles. The number of amides is 5. The zero-order valence-electron chi connectivity index (χ0n) is 35.8. The number of hydrogen-bond donors (Lipinski definition) is 1. The molecule has 1 heterocycles. The molecule has 59 heavy (non-hydrogen) atoms. The van der Waals surface area contributed by atoms with E-state index >= 15 is 4.79 Å². The van der Waals surface area contributed by atoms with Gasteiger partial charge in [-0.15, -0.1) is 0 Å². The van der Waals surface area contributed by atoms with Gasteiger partial charge < -0.3 is 34.2 Å².